The molecule has 6 aromatic carbocycles. The summed E-state index contributed by atoms with van der Waals surface area (Å²) in [6.07, 6.45) is 5.51. The first-order chi connectivity index (χ1) is 32.3. The number of Topliss-reactive ketones (excluding diaryl/α,β-unsaturated/α-hetero) is 1. The minimum atomic E-state index is -4.80. The van der Waals surface area contributed by atoms with Gasteiger partial charge in [-0.15, -0.1) is 23.5 Å². The minimum Gasteiger partial charge on any atom is -0.512 e. The van der Waals surface area contributed by atoms with Crippen LogP contribution in [0.1, 0.15) is 55.2 Å². The molecule has 0 saturated carbocycles. The van der Waals surface area contributed by atoms with Crippen LogP contribution < -0.4 is 19.3 Å². The molecule has 2 atom stereocenters. The third-order valence-corrected chi connectivity index (χ3v) is 38.0. The van der Waals surface area contributed by atoms with Gasteiger partial charge >= 0.3 is 146 Å². The van der Waals surface area contributed by atoms with Crippen LogP contribution in [0, 0.1) is 25.7 Å². The Bertz CT molecular complexity index is 2590. The number of methoxy groups -OCH3 is 2. The molecule has 0 aromatic heterocycles. The number of thioether (sulfide) groups is 2. The normalized spacial score (nSPS) is 16.6. The van der Waals surface area contributed by atoms with Crippen molar-refractivity contribution in [2.24, 2.45) is 11.8 Å². The molecule has 0 fully saturated rings. The fourth-order valence-corrected chi connectivity index (χ4v) is 28.9. The number of hydrogen-bond acceptors (Lipinski definition) is 8. The second-order valence-corrected chi connectivity index (χ2v) is 45.4. The Morgan fingerprint density at radius 3 is 1.52 bits per heavy atom. The number of benzene rings is 6. The first-order valence-electron chi connectivity index (χ1n) is 22.4. The van der Waals surface area contributed by atoms with Crippen LogP contribution in [-0.2, 0) is 9.59 Å². The third-order valence-electron chi connectivity index (χ3n) is 11.8. The molecule has 0 spiro atoms. The minimum absolute atomic E-state index is 0.00332. The average Bonchev–Trinajstić information content (AvgIpc) is 3.33. The molecule has 2 N–H and O–H groups in total. The van der Waals surface area contributed by atoms with Crippen molar-refractivity contribution in [2.45, 2.75) is 62.2 Å². The second-order valence-electron chi connectivity index (χ2n) is 16.7. The van der Waals surface area contributed by atoms with Crippen molar-refractivity contribution < 1.29 is 29.3 Å². The molecule has 8 rings (SSSR count). The number of carbonyl (C=O) groups is 2. The molecule has 0 saturated heterocycles. The number of hydrogen-bond donors (Lipinski definition) is 2. The van der Waals surface area contributed by atoms with Crippen LogP contribution in [0.15, 0.2) is 185 Å². The van der Waals surface area contributed by atoms with Gasteiger partial charge in [-0.2, -0.15) is 0 Å². The standard InChI is InChI=1S/C22H24O3S.C15H18O2S.C7H7O.2C6H5.Bi.2ClH/c1-15-7-9-17(10-8-15)26-12-11-16-13-19(23)22(20(24)14-16)18-5-3-4-6-21(18)25-2;1-11-2-4-15(5-3-11)18-7-6-12-8-13(16)10-14(17)9-12;1-8-7-5-3-2-4-6-7;2*1-2-4-6-5-3-1;;;/h3-10,16,23H,11-14H2,1-2H3;2-5,10,12,16H,6-9H2,1H3;2-5H,1H3;2*1-5H;;2*1H/q;;;;;+2;;/p-2. The van der Waals surface area contributed by atoms with Crippen molar-refractivity contribution in [1.82, 2.24) is 0 Å². The van der Waals surface area contributed by atoms with E-state index in [4.69, 9.17) is 26.5 Å². The Morgan fingerprint density at radius 2 is 1.03 bits per heavy atom. The number of ketones is 2. The van der Waals surface area contributed by atoms with E-state index in [-0.39, 0.29) is 29.0 Å². The molecular weight excluding hydrogens is 1110 g/mol. The molecule has 2 aliphatic rings. The zero-order chi connectivity index (χ0) is 47.8. The van der Waals surface area contributed by atoms with Crippen LogP contribution in [-0.4, -0.2) is 63.9 Å². The van der Waals surface area contributed by atoms with Gasteiger partial charge in [0.2, 0.25) is 0 Å². The van der Waals surface area contributed by atoms with Crippen molar-refractivity contribution in [3.8, 4) is 11.5 Å². The number of aryl methyl sites for hydroxylation is 2. The van der Waals surface area contributed by atoms with Gasteiger partial charge in [0.05, 0.1) is 18.4 Å². The summed E-state index contributed by atoms with van der Waals surface area (Å²) in [6, 6.07) is 52.1. The Morgan fingerprint density at radius 1 is 0.567 bits per heavy atom. The van der Waals surface area contributed by atoms with E-state index in [1.54, 1.807) is 26.0 Å². The van der Waals surface area contributed by atoms with E-state index in [1.807, 2.05) is 121 Å². The maximum absolute atomic E-state index is 12.7. The SMILES string of the molecule is COc1cccc[c]1[Bi]([Cl])([Cl])([c]1ccccc1)[c]1ccccc1.COc1ccccc1C1=C(O)CC(CCSc2ccc(C)cc2)CC1=O.Cc1ccc(SCCC2CC(=O)C=C(O)C2)cc1. The third kappa shape index (κ3) is 13.8. The first kappa shape index (κ1) is 51.9. The molecule has 2 aliphatic carbocycles. The molecule has 67 heavy (non-hydrogen) atoms. The van der Waals surface area contributed by atoms with E-state index in [0.29, 0.717) is 48.5 Å². The first-order valence-corrected chi connectivity index (χ1v) is 38.1. The van der Waals surface area contributed by atoms with E-state index in [0.717, 1.165) is 39.9 Å². The van der Waals surface area contributed by atoms with Crippen molar-refractivity contribution in [3.63, 3.8) is 0 Å². The molecule has 0 aliphatic heterocycles. The monoisotopic (exact) mass is 1170 g/mol. The zero-order valence-corrected chi connectivity index (χ0v) is 45.1. The molecule has 0 radical (unpaired) electrons. The maximum Gasteiger partial charge on any atom is 0.167 e. The smallest absolute Gasteiger partial charge is 0.167 e. The number of aliphatic hydroxyl groups excluding tert-OH is 2. The molecule has 350 valence electrons. The summed E-state index contributed by atoms with van der Waals surface area (Å²) < 4.78 is 13.8. The summed E-state index contributed by atoms with van der Waals surface area (Å²) in [7, 11) is 18.1. The molecule has 0 amide bonds. The van der Waals surface area contributed by atoms with Gasteiger partial charge in [-0.1, -0.05) is 53.6 Å². The molecule has 2 unspecified atom stereocenters. The zero-order valence-electron chi connectivity index (χ0n) is 38.4. The Hall–Kier alpha value is -4.50. The van der Waals surface area contributed by atoms with Crippen molar-refractivity contribution in [3.05, 3.63) is 192 Å². The Balaban J connectivity index is 0.000000169. The topological polar surface area (TPSA) is 93.1 Å². The van der Waals surface area contributed by atoms with Gasteiger partial charge in [-0.25, -0.2) is 0 Å². The van der Waals surface area contributed by atoms with Gasteiger partial charge < -0.3 is 14.9 Å². The summed E-state index contributed by atoms with van der Waals surface area (Å²) in [4.78, 5) is 26.5. The molecule has 0 heterocycles. The van der Waals surface area contributed by atoms with E-state index < -0.39 is 16.4 Å². The number of rotatable bonds is 14. The molecular formula is C56H59BiCl2O6S2. The largest absolute Gasteiger partial charge is 0.512 e. The summed E-state index contributed by atoms with van der Waals surface area (Å²) in [5.41, 5.74) is 3.63. The van der Waals surface area contributed by atoms with Gasteiger partial charge in [0.25, 0.3) is 0 Å². The number of aliphatic hydroxyl groups is 2. The predicted octanol–water partition coefficient (Wildman–Crippen LogP) is 12.9. The predicted molar refractivity (Wildman–Crippen MR) is 284 cm³/mol. The Kier molecular flexibility index (Phi) is 19.1. The van der Waals surface area contributed by atoms with E-state index in [2.05, 4.69) is 62.4 Å². The Labute approximate surface area is 413 Å². The molecule has 11 heteroatoms. The van der Waals surface area contributed by atoms with Gasteiger partial charge in [0.15, 0.2) is 11.6 Å². The van der Waals surface area contributed by atoms with Crippen LogP contribution in [0.5, 0.6) is 11.5 Å². The van der Waals surface area contributed by atoms with Gasteiger partial charge in [0, 0.05) is 47.1 Å². The molecule has 6 aromatic rings. The van der Waals surface area contributed by atoms with Crippen LogP contribution in [0.2, 0.25) is 0 Å². The maximum atomic E-state index is 12.7. The van der Waals surface area contributed by atoms with Crippen molar-refractivity contribution in [1.29, 1.82) is 0 Å². The van der Waals surface area contributed by atoms with Crippen molar-refractivity contribution >= 4 is 83.9 Å². The van der Waals surface area contributed by atoms with Crippen molar-refractivity contribution in [2.75, 3.05) is 25.7 Å². The number of carbonyl (C=O) groups excluding carboxylic acids is 2. The number of halogens is 2. The second kappa shape index (κ2) is 24.7. The summed E-state index contributed by atoms with van der Waals surface area (Å²) in [5.74, 6) is 4.29. The van der Waals surface area contributed by atoms with Gasteiger partial charge in [0.1, 0.15) is 11.5 Å². The van der Waals surface area contributed by atoms with Crippen LogP contribution in [0.25, 0.3) is 5.57 Å². The van der Waals surface area contributed by atoms with Crippen LogP contribution >= 0.6 is 40.5 Å². The van der Waals surface area contributed by atoms with Gasteiger partial charge in [-0.05, 0) is 80.4 Å². The quantitative estimate of drug-likeness (QED) is 0.0823. The van der Waals surface area contributed by atoms with E-state index >= 15 is 0 Å². The summed E-state index contributed by atoms with van der Waals surface area (Å²) in [5, 5.41) is 20.0. The van der Waals surface area contributed by atoms with Gasteiger partial charge in [-0.3, -0.25) is 9.59 Å². The molecule has 6 nitrogen and oxygen atoms in total. The van der Waals surface area contributed by atoms with Crippen LogP contribution in [0.3, 0.4) is 0 Å². The molecule has 0 bridgehead atoms. The fourth-order valence-electron chi connectivity index (χ4n) is 8.21. The number of allylic oxidation sites excluding steroid dienone is 4. The summed E-state index contributed by atoms with van der Waals surface area (Å²) >= 11 is -1.18. The van der Waals surface area contributed by atoms with E-state index in [9.17, 15) is 19.8 Å². The summed E-state index contributed by atoms with van der Waals surface area (Å²) in [6.45, 7) is 4.16. The van der Waals surface area contributed by atoms with Crippen LogP contribution in [0.4, 0.5) is 0 Å². The number of ether oxygens (including phenoxy) is 2. The average molecular weight is 1170 g/mol. The van der Waals surface area contributed by atoms with E-state index in [1.165, 1.54) is 27.0 Å². The number of para-hydroxylation sites is 2. The fraction of sp³-hybridized carbons (Fsp3) is 0.250.